The zero-order valence-electron chi connectivity index (χ0n) is 11.8. The van der Waals surface area contributed by atoms with E-state index in [1.807, 2.05) is 36.7 Å². The highest BCUT2D eigenvalue weighted by atomic mass is 16.5. The van der Waals surface area contributed by atoms with Crippen LogP contribution in [0.1, 0.15) is 17.5 Å². The number of aryl methyl sites for hydroxylation is 1. The molecule has 0 fully saturated rings. The van der Waals surface area contributed by atoms with Crippen LogP contribution in [-0.2, 0) is 12.8 Å². The molecule has 0 amide bonds. The van der Waals surface area contributed by atoms with Crippen molar-refractivity contribution in [3.8, 4) is 5.75 Å². The van der Waals surface area contributed by atoms with Crippen molar-refractivity contribution in [1.29, 1.82) is 0 Å². The Hall–Kier alpha value is -1.91. The number of hydrogen-bond acceptors (Lipinski definition) is 4. The molecule has 106 valence electrons. The summed E-state index contributed by atoms with van der Waals surface area (Å²) >= 11 is 0. The van der Waals surface area contributed by atoms with Gasteiger partial charge in [0.1, 0.15) is 5.75 Å². The Morgan fingerprint density at radius 2 is 2.00 bits per heavy atom. The fraction of sp³-hybridized carbons (Fsp3) is 0.312. The summed E-state index contributed by atoms with van der Waals surface area (Å²) in [5.41, 5.74) is 5.41. The van der Waals surface area contributed by atoms with Crippen molar-refractivity contribution in [3.05, 3.63) is 59.9 Å². The second-order valence-corrected chi connectivity index (χ2v) is 4.81. The molecule has 4 nitrogen and oxygen atoms in total. The molecule has 0 aliphatic heterocycles. The molecular formula is C16H21N3O. The van der Waals surface area contributed by atoms with Crippen molar-refractivity contribution in [2.75, 3.05) is 7.11 Å². The van der Waals surface area contributed by atoms with Gasteiger partial charge < -0.3 is 4.74 Å². The van der Waals surface area contributed by atoms with E-state index in [9.17, 15) is 0 Å². The molecule has 0 aliphatic carbocycles. The molecule has 0 aliphatic rings. The van der Waals surface area contributed by atoms with Gasteiger partial charge in [0.2, 0.25) is 0 Å². The first kappa shape index (κ1) is 14.5. The minimum atomic E-state index is 0.246. The van der Waals surface area contributed by atoms with Gasteiger partial charge in [-0.2, -0.15) is 0 Å². The highest BCUT2D eigenvalue weighted by Crippen LogP contribution is 2.15. The zero-order valence-corrected chi connectivity index (χ0v) is 11.8. The molecule has 20 heavy (non-hydrogen) atoms. The predicted octanol–water partition coefficient (Wildman–Crippen LogP) is 2.10. The van der Waals surface area contributed by atoms with Gasteiger partial charge in [-0.1, -0.05) is 12.1 Å². The number of nitrogens with one attached hydrogen (secondary N) is 1. The first-order valence-electron chi connectivity index (χ1n) is 6.80. The lowest BCUT2D eigenvalue weighted by atomic mass is 10.00. The molecule has 0 bridgehead atoms. The first-order chi connectivity index (χ1) is 9.81. The third kappa shape index (κ3) is 4.33. The number of aromatic nitrogens is 1. The van der Waals surface area contributed by atoms with Crippen molar-refractivity contribution in [2.24, 2.45) is 5.84 Å². The summed E-state index contributed by atoms with van der Waals surface area (Å²) in [4.78, 5) is 4.03. The highest BCUT2D eigenvalue weighted by Gasteiger charge is 2.08. The molecule has 0 spiro atoms. The molecule has 0 saturated heterocycles. The number of benzene rings is 1. The van der Waals surface area contributed by atoms with Crippen LogP contribution in [0.15, 0.2) is 48.8 Å². The van der Waals surface area contributed by atoms with E-state index in [0.717, 1.165) is 25.0 Å². The second-order valence-electron chi connectivity index (χ2n) is 4.81. The van der Waals surface area contributed by atoms with Crippen molar-refractivity contribution >= 4 is 0 Å². The van der Waals surface area contributed by atoms with Gasteiger partial charge in [-0.3, -0.25) is 16.3 Å². The predicted molar refractivity (Wildman–Crippen MR) is 80.4 cm³/mol. The second kappa shape index (κ2) is 7.62. The van der Waals surface area contributed by atoms with Gasteiger partial charge in [0.15, 0.2) is 0 Å². The molecular weight excluding hydrogens is 250 g/mol. The van der Waals surface area contributed by atoms with Crippen LogP contribution in [0.2, 0.25) is 0 Å². The average Bonchev–Trinajstić information content (AvgIpc) is 2.52. The van der Waals surface area contributed by atoms with E-state index >= 15 is 0 Å². The van der Waals surface area contributed by atoms with E-state index in [-0.39, 0.29) is 6.04 Å². The summed E-state index contributed by atoms with van der Waals surface area (Å²) in [5.74, 6) is 6.54. The molecule has 2 aromatic rings. The average molecular weight is 271 g/mol. The molecule has 1 aromatic carbocycles. The van der Waals surface area contributed by atoms with Crippen LogP contribution >= 0.6 is 0 Å². The summed E-state index contributed by atoms with van der Waals surface area (Å²) in [6, 6.07) is 12.4. The van der Waals surface area contributed by atoms with Crippen molar-refractivity contribution in [1.82, 2.24) is 10.4 Å². The summed E-state index contributed by atoms with van der Waals surface area (Å²) in [7, 11) is 1.68. The fourth-order valence-corrected chi connectivity index (χ4v) is 2.22. The largest absolute Gasteiger partial charge is 0.497 e. The number of methoxy groups -OCH3 is 1. The third-order valence-corrected chi connectivity index (χ3v) is 3.38. The number of nitrogens with two attached hydrogens (primary N) is 1. The van der Waals surface area contributed by atoms with Gasteiger partial charge in [-0.25, -0.2) is 0 Å². The summed E-state index contributed by atoms with van der Waals surface area (Å²) in [5, 5.41) is 0. The monoisotopic (exact) mass is 271 g/mol. The van der Waals surface area contributed by atoms with Crippen molar-refractivity contribution < 1.29 is 4.74 Å². The highest BCUT2D eigenvalue weighted by molar-refractivity contribution is 5.29. The molecule has 0 saturated carbocycles. The van der Waals surface area contributed by atoms with Crippen LogP contribution in [0.25, 0.3) is 0 Å². The lowest BCUT2D eigenvalue weighted by molar-refractivity contribution is 0.413. The fourth-order valence-electron chi connectivity index (χ4n) is 2.22. The smallest absolute Gasteiger partial charge is 0.119 e. The van der Waals surface area contributed by atoms with Gasteiger partial charge in [0.25, 0.3) is 0 Å². The number of nitrogens with zero attached hydrogens (tertiary/aromatic N) is 1. The maximum absolute atomic E-state index is 5.66. The van der Waals surface area contributed by atoms with E-state index < -0.39 is 0 Å². The lowest BCUT2D eigenvalue weighted by Gasteiger charge is -2.16. The Labute approximate surface area is 120 Å². The first-order valence-corrected chi connectivity index (χ1v) is 6.80. The number of rotatable bonds is 7. The van der Waals surface area contributed by atoms with E-state index in [1.165, 1.54) is 11.1 Å². The van der Waals surface area contributed by atoms with Crippen molar-refractivity contribution in [2.45, 2.75) is 25.3 Å². The minimum Gasteiger partial charge on any atom is -0.497 e. The Bertz CT molecular complexity index is 516. The van der Waals surface area contributed by atoms with Gasteiger partial charge in [0.05, 0.1) is 7.11 Å². The van der Waals surface area contributed by atoms with E-state index in [0.29, 0.717) is 0 Å². The summed E-state index contributed by atoms with van der Waals surface area (Å²) in [6.45, 7) is 0. The topological polar surface area (TPSA) is 60.2 Å². The number of hydrogen-bond donors (Lipinski definition) is 2. The maximum atomic E-state index is 5.66. The molecule has 0 radical (unpaired) electrons. The third-order valence-electron chi connectivity index (χ3n) is 3.38. The van der Waals surface area contributed by atoms with Crippen LogP contribution in [0, 0.1) is 0 Å². The molecule has 1 aromatic heterocycles. The molecule has 1 unspecified atom stereocenters. The zero-order chi connectivity index (χ0) is 14.2. The Morgan fingerprint density at radius 3 is 2.70 bits per heavy atom. The van der Waals surface area contributed by atoms with Crippen LogP contribution in [0.5, 0.6) is 5.75 Å². The summed E-state index contributed by atoms with van der Waals surface area (Å²) < 4.78 is 5.24. The minimum absolute atomic E-state index is 0.246. The molecule has 4 heteroatoms. The molecule has 3 N–H and O–H groups in total. The Morgan fingerprint density at radius 1 is 1.20 bits per heavy atom. The normalized spacial score (nSPS) is 12.1. The van der Waals surface area contributed by atoms with E-state index in [2.05, 4.69) is 22.5 Å². The quantitative estimate of drug-likeness (QED) is 0.598. The lowest BCUT2D eigenvalue weighted by Crippen LogP contribution is -2.37. The van der Waals surface area contributed by atoms with Crippen LogP contribution in [0.3, 0.4) is 0 Å². The SMILES string of the molecule is COc1cccc(CC(CCc2ccncc2)NN)c1. The van der Waals surface area contributed by atoms with Gasteiger partial charge in [0, 0.05) is 18.4 Å². The Kier molecular flexibility index (Phi) is 5.53. The van der Waals surface area contributed by atoms with Gasteiger partial charge in [-0.05, 0) is 54.7 Å². The van der Waals surface area contributed by atoms with Gasteiger partial charge >= 0.3 is 0 Å². The van der Waals surface area contributed by atoms with Crippen LogP contribution < -0.4 is 16.0 Å². The Balaban J connectivity index is 1.91. The van der Waals surface area contributed by atoms with Crippen LogP contribution in [0.4, 0.5) is 0 Å². The number of pyridine rings is 1. The summed E-state index contributed by atoms with van der Waals surface area (Å²) in [6.07, 6.45) is 6.50. The molecule has 1 heterocycles. The van der Waals surface area contributed by atoms with E-state index in [4.69, 9.17) is 10.6 Å². The van der Waals surface area contributed by atoms with Gasteiger partial charge in [-0.15, -0.1) is 0 Å². The standard InChI is InChI=1S/C16H21N3O/c1-20-16-4-2-3-14(12-16)11-15(19-17)6-5-13-7-9-18-10-8-13/h2-4,7-10,12,15,19H,5-6,11,17H2,1H3. The number of hydrazine groups is 1. The van der Waals surface area contributed by atoms with Crippen molar-refractivity contribution in [3.63, 3.8) is 0 Å². The van der Waals surface area contributed by atoms with Crippen LogP contribution in [-0.4, -0.2) is 18.1 Å². The maximum Gasteiger partial charge on any atom is 0.119 e. The molecule has 1 atom stereocenters. The molecule has 2 rings (SSSR count). The van der Waals surface area contributed by atoms with E-state index in [1.54, 1.807) is 7.11 Å². The number of ether oxygens (including phenoxy) is 1.